The van der Waals surface area contributed by atoms with Crippen molar-refractivity contribution in [1.82, 2.24) is 5.32 Å². The average molecular weight is 380 g/mol. The van der Waals surface area contributed by atoms with Crippen LogP contribution >= 0.6 is 0 Å². The van der Waals surface area contributed by atoms with Crippen LogP contribution in [0.15, 0.2) is 0 Å². The van der Waals surface area contributed by atoms with Gasteiger partial charge in [-0.25, -0.2) is 0 Å². The molecule has 2 aliphatic heterocycles. The minimum absolute atomic E-state index is 0.135. The van der Waals surface area contributed by atoms with Crippen LogP contribution in [0.2, 0.25) is 0 Å². The zero-order valence-electron chi connectivity index (χ0n) is 14.6. The Labute approximate surface area is 150 Å². The number of hydrogen-bond acceptors (Lipinski definition) is 10. The second-order valence-corrected chi connectivity index (χ2v) is 6.63. The van der Waals surface area contributed by atoms with Gasteiger partial charge in [0.05, 0.1) is 18.8 Å². The summed E-state index contributed by atoms with van der Waals surface area (Å²) in [5, 5.41) is 52.6. The third kappa shape index (κ3) is 4.32. The maximum Gasteiger partial charge on any atom is 0.217 e. The van der Waals surface area contributed by atoms with Crippen LogP contribution in [-0.4, -0.2) is 106 Å². The van der Waals surface area contributed by atoms with Gasteiger partial charge in [-0.2, -0.15) is 0 Å². The molecule has 152 valence electrons. The lowest BCUT2D eigenvalue weighted by molar-refractivity contribution is -0.331. The summed E-state index contributed by atoms with van der Waals surface area (Å²) in [6.45, 7) is 2.28. The van der Waals surface area contributed by atoms with Crippen molar-refractivity contribution in [2.75, 3.05) is 13.2 Å². The van der Waals surface area contributed by atoms with Crippen LogP contribution in [0.5, 0.6) is 0 Å². The van der Waals surface area contributed by atoms with E-state index in [1.54, 1.807) is 6.92 Å². The zero-order chi connectivity index (χ0) is 19.6. The van der Waals surface area contributed by atoms with Crippen LogP contribution in [0.3, 0.4) is 0 Å². The molecule has 11 nitrogen and oxygen atoms in total. The molecule has 8 N–H and O–H groups in total. The molecule has 0 aliphatic carbocycles. The Bertz CT molecular complexity index is 480. The normalized spacial score (nSPS) is 46.8. The summed E-state index contributed by atoms with van der Waals surface area (Å²) in [7, 11) is 0. The van der Waals surface area contributed by atoms with Crippen LogP contribution in [0.4, 0.5) is 0 Å². The summed E-state index contributed by atoms with van der Waals surface area (Å²) in [6, 6.07) is -0.818. The molecule has 2 aliphatic rings. The minimum Gasteiger partial charge on any atom is -0.394 e. The Balaban J connectivity index is 2.16. The molecule has 11 heteroatoms. The largest absolute Gasteiger partial charge is 0.394 e. The Morgan fingerprint density at radius 2 is 1.73 bits per heavy atom. The number of hydrogen-bond donors (Lipinski definition) is 7. The highest BCUT2D eigenvalue weighted by Gasteiger charge is 2.49. The van der Waals surface area contributed by atoms with Gasteiger partial charge >= 0.3 is 0 Å². The molecule has 2 heterocycles. The van der Waals surface area contributed by atoms with Crippen LogP contribution < -0.4 is 11.1 Å². The molecule has 0 aromatic heterocycles. The van der Waals surface area contributed by atoms with Gasteiger partial charge in [0.1, 0.15) is 42.7 Å². The number of aliphatic hydroxyl groups is 5. The van der Waals surface area contributed by atoms with E-state index in [9.17, 15) is 30.3 Å². The maximum atomic E-state index is 11.4. The van der Waals surface area contributed by atoms with Crippen LogP contribution in [0, 0.1) is 0 Å². The second-order valence-electron chi connectivity index (χ2n) is 6.63. The standard InChI is InChI=1S/C15H28N2O9/c1-5-9(17-6(2)19)11(21)14(8(4-18)24-5)26-15-13(23)12(22)10(20)7(3-16)25-15/h5,7-15,18,20-23H,3-4,16H2,1-2H3,(H,17,19). The molecular formula is C15H28N2O9. The lowest BCUT2D eigenvalue weighted by Gasteiger charge is -2.47. The number of aliphatic hydroxyl groups excluding tert-OH is 5. The summed E-state index contributed by atoms with van der Waals surface area (Å²) in [6.07, 6.45) is -11.0. The van der Waals surface area contributed by atoms with Crippen molar-refractivity contribution in [2.45, 2.75) is 75.0 Å². The molecule has 0 spiro atoms. The molecule has 26 heavy (non-hydrogen) atoms. The highest BCUT2D eigenvalue weighted by Crippen LogP contribution is 2.28. The fourth-order valence-corrected chi connectivity index (χ4v) is 3.27. The predicted molar refractivity (Wildman–Crippen MR) is 85.6 cm³/mol. The van der Waals surface area contributed by atoms with Crippen molar-refractivity contribution < 1.29 is 44.5 Å². The predicted octanol–water partition coefficient (Wildman–Crippen LogP) is -4.22. The first-order chi connectivity index (χ1) is 12.2. The number of carbonyl (C=O) groups excluding carboxylic acids is 1. The van der Waals surface area contributed by atoms with Crippen molar-refractivity contribution in [1.29, 1.82) is 0 Å². The van der Waals surface area contributed by atoms with E-state index < -0.39 is 67.8 Å². The number of amides is 1. The van der Waals surface area contributed by atoms with Gasteiger partial charge in [0.15, 0.2) is 6.29 Å². The first-order valence-corrected chi connectivity index (χ1v) is 8.47. The fraction of sp³-hybridized carbons (Fsp3) is 0.933. The topological polar surface area (TPSA) is 184 Å². The zero-order valence-corrected chi connectivity index (χ0v) is 14.6. The van der Waals surface area contributed by atoms with E-state index in [0.29, 0.717) is 0 Å². The van der Waals surface area contributed by atoms with E-state index in [4.69, 9.17) is 19.9 Å². The van der Waals surface area contributed by atoms with E-state index in [1.165, 1.54) is 6.92 Å². The molecule has 1 amide bonds. The Hall–Kier alpha value is -0.890. The van der Waals surface area contributed by atoms with Gasteiger partial charge in [0, 0.05) is 13.5 Å². The van der Waals surface area contributed by atoms with Crippen molar-refractivity contribution >= 4 is 5.91 Å². The van der Waals surface area contributed by atoms with Crippen molar-refractivity contribution in [3.63, 3.8) is 0 Å². The van der Waals surface area contributed by atoms with Crippen LogP contribution in [-0.2, 0) is 19.0 Å². The van der Waals surface area contributed by atoms with Gasteiger partial charge in [0.2, 0.25) is 5.91 Å². The van der Waals surface area contributed by atoms with E-state index >= 15 is 0 Å². The van der Waals surface area contributed by atoms with Crippen molar-refractivity contribution in [3.8, 4) is 0 Å². The molecule has 0 saturated carbocycles. The highest BCUT2D eigenvalue weighted by molar-refractivity contribution is 5.73. The minimum atomic E-state index is -1.61. The molecule has 0 aromatic rings. The Morgan fingerprint density at radius 3 is 2.27 bits per heavy atom. The summed E-state index contributed by atoms with van der Waals surface area (Å²) >= 11 is 0. The van der Waals surface area contributed by atoms with Gasteiger partial charge in [-0.05, 0) is 6.92 Å². The second kappa shape index (κ2) is 8.87. The van der Waals surface area contributed by atoms with Gasteiger partial charge in [0.25, 0.3) is 0 Å². The monoisotopic (exact) mass is 380 g/mol. The SMILES string of the molecule is CC(=O)NC1C(C)OC(CO)C(OC2OC(CN)C(O)C(O)C2O)C1O. The van der Waals surface area contributed by atoms with Crippen molar-refractivity contribution in [2.24, 2.45) is 5.73 Å². The number of rotatable bonds is 5. The van der Waals surface area contributed by atoms with Gasteiger partial charge in [-0.1, -0.05) is 0 Å². The summed E-state index contributed by atoms with van der Waals surface area (Å²) < 4.78 is 16.5. The first-order valence-electron chi connectivity index (χ1n) is 8.47. The van der Waals surface area contributed by atoms with Crippen LogP contribution in [0.25, 0.3) is 0 Å². The Kier molecular flexibility index (Phi) is 7.30. The molecule has 10 atom stereocenters. The molecule has 0 aromatic carbocycles. The van der Waals surface area contributed by atoms with E-state index in [-0.39, 0.29) is 12.5 Å². The number of carbonyl (C=O) groups is 1. The molecule has 0 bridgehead atoms. The first kappa shape index (κ1) is 21.4. The quantitative estimate of drug-likeness (QED) is 0.247. The summed E-state index contributed by atoms with van der Waals surface area (Å²) in [5.41, 5.74) is 5.48. The highest BCUT2D eigenvalue weighted by atomic mass is 16.7. The molecule has 2 fully saturated rings. The number of nitrogens with two attached hydrogens (primary N) is 1. The number of nitrogens with one attached hydrogen (secondary N) is 1. The summed E-state index contributed by atoms with van der Waals surface area (Å²) in [5.74, 6) is -0.388. The average Bonchev–Trinajstić information content (AvgIpc) is 2.60. The van der Waals surface area contributed by atoms with Gasteiger partial charge < -0.3 is 50.8 Å². The van der Waals surface area contributed by atoms with E-state index in [1.807, 2.05) is 0 Å². The van der Waals surface area contributed by atoms with Crippen molar-refractivity contribution in [3.05, 3.63) is 0 Å². The lowest BCUT2D eigenvalue weighted by Crippen LogP contribution is -2.66. The maximum absolute atomic E-state index is 11.4. The number of ether oxygens (including phenoxy) is 3. The molecule has 0 radical (unpaired) electrons. The van der Waals surface area contributed by atoms with Crippen LogP contribution in [0.1, 0.15) is 13.8 Å². The third-order valence-electron chi connectivity index (χ3n) is 4.71. The molecule has 2 rings (SSSR count). The van der Waals surface area contributed by atoms with Gasteiger partial charge in [-0.3, -0.25) is 4.79 Å². The molecule has 10 unspecified atom stereocenters. The van der Waals surface area contributed by atoms with E-state index in [2.05, 4.69) is 5.32 Å². The fourth-order valence-electron chi connectivity index (χ4n) is 3.27. The molecule has 2 saturated heterocycles. The molecular weight excluding hydrogens is 352 g/mol. The lowest BCUT2D eigenvalue weighted by atomic mass is 9.92. The smallest absolute Gasteiger partial charge is 0.217 e. The Morgan fingerprint density at radius 1 is 1.08 bits per heavy atom. The summed E-state index contributed by atoms with van der Waals surface area (Å²) in [4.78, 5) is 11.4. The van der Waals surface area contributed by atoms with E-state index in [0.717, 1.165) is 0 Å². The van der Waals surface area contributed by atoms with Gasteiger partial charge in [-0.15, -0.1) is 0 Å². The third-order valence-corrected chi connectivity index (χ3v) is 4.71.